The van der Waals surface area contributed by atoms with E-state index in [0.717, 1.165) is 21.6 Å². The lowest BCUT2D eigenvalue weighted by molar-refractivity contribution is -0.116. The predicted octanol–water partition coefficient (Wildman–Crippen LogP) is 2.96. The molecule has 1 amide bonds. The molecule has 0 radical (unpaired) electrons. The Morgan fingerprint density at radius 1 is 1.42 bits per heavy atom. The lowest BCUT2D eigenvalue weighted by atomic mass is 10.2. The number of amides is 1. The van der Waals surface area contributed by atoms with E-state index in [9.17, 15) is 4.79 Å². The zero-order chi connectivity index (χ0) is 18.1. The number of anilines is 1. The number of hydrogen-bond acceptors (Lipinski definition) is 7. The van der Waals surface area contributed by atoms with Crippen LogP contribution < -0.4 is 5.32 Å². The van der Waals surface area contributed by atoms with Crippen molar-refractivity contribution in [2.75, 3.05) is 5.32 Å². The van der Waals surface area contributed by atoms with Gasteiger partial charge in [0.1, 0.15) is 0 Å². The van der Waals surface area contributed by atoms with Gasteiger partial charge in [0.2, 0.25) is 17.6 Å². The smallest absolute Gasteiger partial charge is 0.227 e. The fourth-order valence-corrected chi connectivity index (χ4v) is 3.33. The Labute approximate surface area is 152 Å². The van der Waals surface area contributed by atoms with Crippen molar-refractivity contribution in [2.24, 2.45) is 7.05 Å². The molecule has 4 rings (SSSR count). The lowest BCUT2D eigenvalue weighted by Gasteiger charge is -2.04. The van der Waals surface area contributed by atoms with E-state index in [0.29, 0.717) is 23.8 Å². The highest BCUT2D eigenvalue weighted by molar-refractivity contribution is 7.13. The molecule has 1 N–H and O–H groups in total. The average Bonchev–Trinajstić information content (AvgIpc) is 3.35. The van der Waals surface area contributed by atoms with Crippen molar-refractivity contribution in [3.05, 3.63) is 41.4 Å². The Morgan fingerprint density at radius 2 is 2.31 bits per heavy atom. The van der Waals surface area contributed by atoms with Crippen LogP contribution in [0.1, 0.15) is 18.0 Å². The molecule has 4 aromatic rings. The lowest BCUT2D eigenvalue weighted by Crippen LogP contribution is -2.12. The van der Waals surface area contributed by atoms with E-state index >= 15 is 0 Å². The minimum absolute atomic E-state index is 0.136. The summed E-state index contributed by atoms with van der Waals surface area (Å²) in [5.74, 6) is 0.862. The van der Waals surface area contributed by atoms with Crippen LogP contribution in [0.15, 0.2) is 34.3 Å². The first-order chi connectivity index (χ1) is 12.6. The number of rotatable bonds is 5. The van der Waals surface area contributed by atoms with Crippen LogP contribution in [0, 0.1) is 6.92 Å². The van der Waals surface area contributed by atoms with Crippen LogP contribution in [0.5, 0.6) is 0 Å². The second-order valence-electron chi connectivity index (χ2n) is 5.84. The number of carbonyl (C=O) groups is 1. The van der Waals surface area contributed by atoms with Gasteiger partial charge in [0.15, 0.2) is 5.65 Å². The molecule has 0 spiro atoms. The van der Waals surface area contributed by atoms with Crippen molar-refractivity contribution in [3.63, 3.8) is 0 Å². The van der Waals surface area contributed by atoms with Gasteiger partial charge in [-0.2, -0.15) is 10.1 Å². The molecule has 0 aliphatic carbocycles. The highest BCUT2D eigenvalue weighted by atomic mass is 32.1. The van der Waals surface area contributed by atoms with Gasteiger partial charge < -0.3 is 9.84 Å². The molecule has 0 aromatic carbocycles. The quantitative estimate of drug-likeness (QED) is 0.581. The molecule has 8 nitrogen and oxygen atoms in total. The molecule has 0 saturated carbocycles. The van der Waals surface area contributed by atoms with Gasteiger partial charge in [0, 0.05) is 25.3 Å². The van der Waals surface area contributed by atoms with Crippen LogP contribution in [0.4, 0.5) is 5.69 Å². The maximum absolute atomic E-state index is 12.2. The van der Waals surface area contributed by atoms with E-state index < -0.39 is 0 Å². The third-order valence-corrected chi connectivity index (χ3v) is 4.79. The van der Waals surface area contributed by atoms with Gasteiger partial charge in [-0.05, 0) is 24.4 Å². The minimum atomic E-state index is -0.136. The SMILES string of the molecule is Cc1nn(C)c2ncc(NC(=O)CCc3nc(-c4cccs4)no3)cc12. The van der Waals surface area contributed by atoms with Crippen molar-refractivity contribution in [1.82, 2.24) is 24.9 Å². The number of aryl methyl sites for hydroxylation is 3. The highest BCUT2D eigenvalue weighted by Crippen LogP contribution is 2.22. The van der Waals surface area contributed by atoms with Gasteiger partial charge in [0.05, 0.1) is 22.5 Å². The van der Waals surface area contributed by atoms with Gasteiger partial charge in [0.25, 0.3) is 0 Å². The highest BCUT2D eigenvalue weighted by Gasteiger charge is 2.12. The third kappa shape index (κ3) is 3.21. The number of carbonyl (C=O) groups excluding carboxylic acids is 1. The average molecular weight is 368 g/mol. The van der Waals surface area contributed by atoms with Crippen molar-refractivity contribution < 1.29 is 9.32 Å². The van der Waals surface area contributed by atoms with Gasteiger partial charge >= 0.3 is 0 Å². The zero-order valence-electron chi connectivity index (χ0n) is 14.3. The molecule has 4 heterocycles. The first-order valence-corrected chi connectivity index (χ1v) is 8.94. The normalized spacial score (nSPS) is 11.2. The van der Waals surface area contributed by atoms with E-state index in [-0.39, 0.29) is 12.3 Å². The van der Waals surface area contributed by atoms with Crippen LogP contribution in [-0.2, 0) is 18.3 Å². The van der Waals surface area contributed by atoms with Crippen LogP contribution >= 0.6 is 11.3 Å². The Hall–Kier alpha value is -3.07. The summed E-state index contributed by atoms with van der Waals surface area (Å²) in [5, 5.41) is 14.0. The molecule has 0 unspecified atom stereocenters. The third-order valence-electron chi connectivity index (χ3n) is 3.92. The minimum Gasteiger partial charge on any atom is -0.339 e. The molecule has 4 aromatic heterocycles. The maximum Gasteiger partial charge on any atom is 0.227 e. The molecule has 0 aliphatic rings. The largest absolute Gasteiger partial charge is 0.339 e. The first-order valence-electron chi connectivity index (χ1n) is 8.06. The fraction of sp³-hybridized carbons (Fsp3) is 0.235. The molecule has 9 heteroatoms. The van der Waals surface area contributed by atoms with Gasteiger partial charge in [-0.25, -0.2) is 4.98 Å². The topological polar surface area (TPSA) is 98.7 Å². The van der Waals surface area contributed by atoms with E-state index in [1.165, 1.54) is 0 Å². The molecule has 132 valence electrons. The van der Waals surface area contributed by atoms with Crippen LogP contribution in [0.3, 0.4) is 0 Å². The van der Waals surface area contributed by atoms with E-state index in [2.05, 4.69) is 25.5 Å². The summed E-state index contributed by atoms with van der Waals surface area (Å²) in [5.41, 5.74) is 2.30. The second-order valence-corrected chi connectivity index (χ2v) is 6.79. The summed E-state index contributed by atoms with van der Waals surface area (Å²) in [6.07, 6.45) is 2.25. The molecule has 0 bridgehead atoms. The molecule has 0 fully saturated rings. The van der Waals surface area contributed by atoms with Crippen LogP contribution in [0.2, 0.25) is 0 Å². The monoisotopic (exact) mass is 368 g/mol. The standard InChI is InChI=1S/C17H16N6O2S/c1-10-12-8-11(9-18-17(12)23(2)21-10)19-14(24)5-6-15-20-16(22-25-15)13-4-3-7-26-13/h3-4,7-9H,5-6H2,1-2H3,(H,19,24). The van der Waals surface area contributed by atoms with E-state index in [1.807, 2.05) is 37.6 Å². The summed E-state index contributed by atoms with van der Waals surface area (Å²) >= 11 is 1.54. The zero-order valence-corrected chi connectivity index (χ0v) is 15.1. The number of aromatic nitrogens is 5. The molecular weight excluding hydrogens is 352 g/mol. The van der Waals surface area contributed by atoms with Crippen molar-refractivity contribution in [3.8, 4) is 10.7 Å². The summed E-state index contributed by atoms with van der Waals surface area (Å²) in [7, 11) is 1.84. The molecular formula is C17H16N6O2S. The summed E-state index contributed by atoms with van der Waals surface area (Å²) in [4.78, 5) is 21.8. The Morgan fingerprint density at radius 3 is 3.12 bits per heavy atom. The van der Waals surface area contributed by atoms with E-state index in [1.54, 1.807) is 22.2 Å². The summed E-state index contributed by atoms with van der Waals surface area (Å²) < 4.78 is 6.93. The molecule has 26 heavy (non-hydrogen) atoms. The van der Waals surface area contributed by atoms with Crippen LogP contribution in [0.25, 0.3) is 21.7 Å². The fourth-order valence-electron chi connectivity index (χ4n) is 2.68. The van der Waals surface area contributed by atoms with Crippen LogP contribution in [-0.4, -0.2) is 30.8 Å². The second kappa shape index (κ2) is 6.68. The number of pyridine rings is 1. The molecule has 0 aliphatic heterocycles. The first kappa shape index (κ1) is 16.4. The van der Waals surface area contributed by atoms with Crippen molar-refractivity contribution in [2.45, 2.75) is 19.8 Å². The number of thiophene rings is 1. The number of fused-ring (bicyclic) bond motifs is 1. The molecule has 0 atom stereocenters. The maximum atomic E-state index is 12.2. The Kier molecular flexibility index (Phi) is 4.21. The van der Waals surface area contributed by atoms with Crippen molar-refractivity contribution in [1.29, 1.82) is 0 Å². The molecule has 0 saturated heterocycles. The number of nitrogens with zero attached hydrogens (tertiary/aromatic N) is 5. The summed E-state index contributed by atoms with van der Waals surface area (Å²) in [6.45, 7) is 1.91. The van der Waals surface area contributed by atoms with Gasteiger partial charge in [-0.1, -0.05) is 11.2 Å². The summed E-state index contributed by atoms with van der Waals surface area (Å²) in [6, 6.07) is 5.73. The van der Waals surface area contributed by atoms with Gasteiger partial charge in [-0.3, -0.25) is 9.48 Å². The van der Waals surface area contributed by atoms with Crippen molar-refractivity contribution >= 4 is 34.0 Å². The Balaban J connectivity index is 1.39. The number of hydrogen-bond donors (Lipinski definition) is 1. The number of nitrogens with one attached hydrogen (secondary N) is 1. The van der Waals surface area contributed by atoms with E-state index in [4.69, 9.17) is 4.52 Å². The Bertz CT molecular complexity index is 1070. The predicted molar refractivity (Wildman–Crippen MR) is 97.8 cm³/mol. The van der Waals surface area contributed by atoms with Gasteiger partial charge in [-0.15, -0.1) is 11.3 Å².